The Labute approximate surface area is 141 Å². The van der Waals surface area contributed by atoms with Gasteiger partial charge < -0.3 is 19.2 Å². The van der Waals surface area contributed by atoms with Gasteiger partial charge >= 0.3 is 0 Å². The van der Waals surface area contributed by atoms with Gasteiger partial charge in [-0.1, -0.05) is 5.16 Å². The molecular formula is C15H16BrN3O4. The van der Waals surface area contributed by atoms with Crippen molar-refractivity contribution in [3.05, 3.63) is 40.1 Å². The number of piperidine rings is 1. The predicted molar refractivity (Wildman–Crippen MR) is 84.0 cm³/mol. The molecule has 2 aromatic rings. The fourth-order valence-electron chi connectivity index (χ4n) is 2.54. The van der Waals surface area contributed by atoms with Crippen LogP contribution in [0.5, 0.6) is 0 Å². The maximum atomic E-state index is 12.3. The molecule has 1 saturated heterocycles. The molecule has 3 heterocycles. The number of nitrogens with zero attached hydrogens (tertiary/aromatic N) is 2. The molecule has 0 unspecified atom stereocenters. The van der Waals surface area contributed by atoms with E-state index in [1.165, 1.54) is 0 Å². The van der Waals surface area contributed by atoms with Gasteiger partial charge in [-0.15, -0.1) is 0 Å². The van der Waals surface area contributed by atoms with E-state index in [0.29, 0.717) is 42.1 Å². The number of aryl methyl sites for hydroxylation is 1. The molecule has 2 amide bonds. The molecule has 0 saturated carbocycles. The van der Waals surface area contributed by atoms with Crippen LogP contribution in [0.3, 0.4) is 0 Å². The van der Waals surface area contributed by atoms with Gasteiger partial charge in [-0.05, 0) is 47.8 Å². The van der Waals surface area contributed by atoms with E-state index in [9.17, 15) is 9.59 Å². The monoisotopic (exact) mass is 381 g/mol. The third kappa shape index (κ3) is 3.64. The fourth-order valence-corrected chi connectivity index (χ4v) is 2.85. The second-order valence-corrected chi connectivity index (χ2v) is 6.25. The normalized spacial score (nSPS) is 15.7. The summed E-state index contributed by atoms with van der Waals surface area (Å²) >= 11 is 3.19. The zero-order chi connectivity index (χ0) is 16.4. The van der Waals surface area contributed by atoms with E-state index in [1.807, 2.05) is 0 Å². The van der Waals surface area contributed by atoms with E-state index < -0.39 is 0 Å². The predicted octanol–water partition coefficient (Wildman–Crippen LogP) is 2.37. The Morgan fingerprint density at radius 3 is 2.65 bits per heavy atom. The molecule has 7 nitrogen and oxygen atoms in total. The summed E-state index contributed by atoms with van der Waals surface area (Å²) in [7, 11) is 0. The van der Waals surface area contributed by atoms with Crippen LogP contribution in [0.2, 0.25) is 0 Å². The average molecular weight is 382 g/mol. The molecule has 1 N–H and O–H groups in total. The van der Waals surface area contributed by atoms with Gasteiger partial charge in [0.05, 0.1) is 0 Å². The summed E-state index contributed by atoms with van der Waals surface area (Å²) in [5.41, 5.74) is 0.279. The summed E-state index contributed by atoms with van der Waals surface area (Å²) in [4.78, 5) is 26.0. The summed E-state index contributed by atoms with van der Waals surface area (Å²) in [6.07, 6.45) is 1.38. The van der Waals surface area contributed by atoms with Crippen molar-refractivity contribution in [1.82, 2.24) is 15.4 Å². The molecule has 1 fully saturated rings. The number of rotatable bonds is 3. The van der Waals surface area contributed by atoms with Crippen LogP contribution in [0.15, 0.2) is 31.8 Å². The lowest BCUT2D eigenvalue weighted by Gasteiger charge is -2.31. The van der Waals surface area contributed by atoms with Crippen molar-refractivity contribution in [3.63, 3.8) is 0 Å². The topological polar surface area (TPSA) is 88.6 Å². The van der Waals surface area contributed by atoms with Crippen molar-refractivity contribution < 1.29 is 18.5 Å². The standard InChI is InChI=1S/C15H16BrN3O4/c1-9-8-11(18-23-9)14(20)17-10-4-6-19(7-5-10)15(21)12-2-3-13(16)22-12/h2-3,8,10H,4-7H2,1H3,(H,17,20). The number of carbonyl (C=O) groups excluding carboxylic acids is 2. The molecule has 1 aliphatic rings. The van der Waals surface area contributed by atoms with Crippen LogP contribution < -0.4 is 5.32 Å². The summed E-state index contributed by atoms with van der Waals surface area (Å²) in [5.74, 6) is 0.534. The van der Waals surface area contributed by atoms with E-state index in [2.05, 4.69) is 26.4 Å². The lowest BCUT2D eigenvalue weighted by atomic mass is 10.0. The van der Waals surface area contributed by atoms with Crippen LogP contribution in [-0.4, -0.2) is 41.0 Å². The molecule has 0 spiro atoms. The first-order chi connectivity index (χ1) is 11.0. The molecule has 8 heteroatoms. The molecule has 0 atom stereocenters. The number of carbonyl (C=O) groups is 2. The Morgan fingerprint density at radius 2 is 2.09 bits per heavy atom. The van der Waals surface area contributed by atoms with E-state index in [0.717, 1.165) is 0 Å². The number of aromatic nitrogens is 1. The van der Waals surface area contributed by atoms with Crippen LogP contribution in [0.25, 0.3) is 0 Å². The van der Waals surface area contributed by atoms with Gasteiger partial charge in [0.1, 0.15) is 5.76 Å². The van der Waals surface area contributed by atoms with Crippen LogP contribution in [0.1, 0.15) is 39.6 Å². The maximum Gasteiger partial charge on any atom is 0.289 e. The summed E-state index contributed by atoms with van der Waals surface area (Å²) in [6, 6.07) is 4.96. The molecule has 0 aliphatic carbocycles. The smallest absolute Gasteiger partial charge is 0.289 e. The molecular weight excluding hydrogens is 366 g/mol. The number of hydrogen-bond acceptors (Lipinski definition) is 5. The molecule has 0 bridgehead atoms. The van der Waals surface area contributed by atoms with E-state index in [-0.39, 0.29) is 23.6 Å². The molecule has 3 rings (SSSR count). The van der Waals surface area contributed by atoms with E-state index >= 15 is 0 Å². The molecule has 1 aliphatic heterocycles. The third-order valence-electron chi connectivity index (χ3n) is 3.76. The van der Waals surface area contributed by atoms with Crippen molar-refractivity contribution in [1.29, 1.82) is 0 Å². The number of nitrogens with one attached hydrogen (secondary N) is 1. The first-order valence-electron chi connectivity index (χ1n) is 7.32. The van der Waals surface area contributed by atoms with Crippen LogP contribution >= 0.6 is 15.9 Å². The summed E-state index contributed by atoms with van der Waals surface area (Å²) in [6.45, 7) is 2.88. The van der Waals surface area contributed by atoms with E-state index in [4.69, 9.17) is 8.94 Å². The average Bonchev–Trinajstić information content (AvgIpc) is 3.16. The van der Waals surface area contributed by atoms with E-state index in [1.54, 1.807) is 30.0 Å². The SMILES string of the molecule is Cc1cc(C(=O)NC2CCN(C(=O)c3ccc(Br)o3)CC2)no1. The summed E-state index contributed by atoms with van der Waals surface area (Å²) in [5, 5.41) is 6.62. The highest BCUT2D eigenvalue weighted by Gasteiger charge is 2.26. The van der Waals surface area contributed by atoms with Crippen LogP contribution in [0.4, 0.5) is 0 Å². The lowest BCUT2D eigenvalue weighted by molar-refractivity contribution is 0.0665. The Morgan fingerprint density at radius 1 is 1.35 bits per heavy atom. The van der Waals surface area contributed by atoms with Crippen molar-refractivity contribution in [2.24, 2.45) is 0 Å². The van der Waals surface area contributed by atoms with Crippen molar-refractivity contribution in [2.45, 2.75) is 25.8 Å². The zero-order valence-electron chi connectivity index (χ0n) is 12.5. The highest BCUT2D eigenvalue weighted by Crippen LogP contribution is 2.19. The number of hydrogen-bond donors (Lipinski definition) is 1. The maximum absolute atomic E-state index is 12.3. The number of likely N-dealkylation sites (tertiary alicyclic amines) is 1. The first-order valence-corrected chi connectivity index (χ1v) is 8.11. The van der Waals surface area contributed by atoms with Crippen molar-refractivity contribution in [3.8, 4) is 0 Å². The summed E-state index contributed by atoms with van der Waals surface area (Å²) < 4.78 is 10.7. The largest absolute Gasteiger partial charge is 0.444 e. The third-order valence-corrected chi connectivity index (χ3v) is 4.19. The van der Waals surface area contributed by atoms with Gasteiger partial charge in [-0.25, -0.2) is 0 Å². The second-order valence-electron chi connectivity index (χ2n) is 5.47. The first kappa shape index (κ1) is 15.8. The minimum atomic E-state index is -0.249. The van der Waals surface area contributed by atoms with Crippen LogP contribution in [-0.2, 0) is 0 Å². The van der Waals surface area contributed by atoms with Gasteiger partial charge in [-0.3, -0.25) is 9.59 Å². The van der Waals surface area contributed by atoms with Gasteiger partial charge in [0, 0.05) is 25.2 Å². The van der Waals surface area contributed by atoms with Crippen molar-refractivity contribution >= 4 is 27.7 Å². The molecule has 23 heavy (non-hydrogen) atoms. The fraction of sp³-hybridized carbons (Fsp3) is 0.400. The Bertz CT molecular complexity index is 716. The Balaban J connectivity index is 1.52. The second kappa shape index (κ2) is 6.57. The molecule has 0 aromatic carbocycles. The molecule has 2 aromatic heterocycles. The van der Waals surface area contributed by atoms with Gasteiger partial charge in [0.2, 0.25) is 0 Å². The lowest BCUT2D eigenvalue weighted by Crippen LogP contribution is -2.46. The number of halogens is 1. The highest BCUT2D eigenvalue weighted by molar-refractivity contribution is 9.10. The van der Waals surface area contributed by atoms with Crippen LogP contribution in [0, 0.1) is 6.92 Å². The minimum absolute atomic E-state index is 0.0203. The molecule has 122 valence electrons. The molecule has 0 radical (unpaired) electrons. The quantitative estimate of drug-likeness (QED) is 0.881. The Kier molecular flexibility index (Phi) is 4.51. The van der Waals surface area contributed by atoms with Gasteiger partial charge in [-0.2, -0.15) is 0 Å². The number of amides is 2. The van der Waals surface area contributed by atoms with Gasteiger partial charge in [0.25, 0.3) is 11.8 Å². The van der Waals surface area contributed by atoms with Gasteiger partial charge in [0.15, 0.2) is 16.1 Å². The Hall–Kier alpha value is -2.09. The zero-order valence-corrected chi connectivity index (χ0v) is 14.1. The highest BCUT2D eigenvalue weighted by atomic mass is 79.9. The number of furan rings is 1. The minimum Gasteiger partial charge on any atom is -0.444 e. The van der Waals surface area contributed by atoms with Crippen molar-refractivity contribution in [2.75, 3.05) is 13.1 Å².